The van der Waals surface area contributed by atoms with Crippen LogP contribution in [0.25, 0.3) is 0 Å². The van der Waals surface area contributed by atoms with Crippen LogP contribution in [0.4, 0.5) is 0 Å². The smallest absolute Gasteiger partial charge is 0.331 e. The summed E-state index contributed by atoms with van der Waals surface area (Å²) in [5.74, 6) is -3.50. The minimum absolute atomic E-state index is 0.0764. The molecule has 0 saturated carbocycles. The zero-order chi connectivity index (χ0) is 36.0. The van der Waals surface area contributed by atoms with Gasteiger partial charge in [-0.1, -0.05) is 39.0 Å². The van der Waals surface area contributed by atoms with Crippen LogP contribution in [-0.4, -0.2) is 87.0 Å². The number of ether oxygens (including phenoxy) is 5. The van der Waals surface area contributed by atoms with Crippen LogP contribution in [-0.2, 0) is 28.5 Å². The van der Waals surface area contributed by atoms with Gasteiger partial charge in [0.25, 0.3) is 0 Å². The highest BCUT2D eigenvalue weighted by Crippen LogP contribution is 2.59. The highest BCUT2D eigenvalue weighted by molar-refractivity contribution is 5.93. The Labute approximate surface area is 303 Å². The fraction of sp³-hybridized carbons (Fsp3) is 0.854. The Morgan fingerprint density at radius 3 is 2.45 bits per heavy atom. The number of rotatable bonds is 1. The highest BCUT2D eigenvalue weighted by Gasteiger charge is 2.65. The summed E-state index contributed by atoms with van der Waals surface area (Å²) in [6.07, 6.45) is 11.0. The van der Waals surface area contributed by atoms with Crippen molar-refractivity contribution in [3.63, 3.8) is 0 Å². The molecule has 1 aliphatic carbocycles. The number of carboxylic acid groups (broad SMARTS) is 1. The molecule has 7 heterocycles. The Bertz CT molecular complexity index is 1460. The molecule has 4 spiro atoms. The topological polar surface area (TPSA) is 136 Å². The monoisotopic (exact) mass is 711 g/mol. The van der Waals surface area contributed by atoms with Crippen LogP contribution < -0.4 is 0 Å². The summed E-state index contributed by atoms with van der Waals surface area (Å²) in [7, 11) is 0. The lowest BCUT2D eigenvalue weighted by atomic mass is 9.57. The second-order valence-electron chi connectivity index (χ2n) is 18.3. The van der Waals surface area contributed by atoms with Gasteiger partial charge in [0.2, 0.25) is 5.79 Å². The fourth-order valence-corrected chi connectivity index (χ4v) is 11.5. The molecule has 8 aliphatic rings. The maximum Gasteiger partial charge on any atom is 0.331 e. The van der Waals surface area contributed by atoms with E-state index in [1.807, 2.05) is 13.0 Å². The van der Waals surface area contributed by atoms with Gasteiger partial charge >= 0.3 is 5.97 Å². The van der Waals surface area contributed by atoms with Gasteiger partial charge < -0.3 is 39.0 Å². The van der Waals surface area contributed by atoms with Gasteiger partial charge in [0, 0.05) is 61.3 Å². The van der Waals surface area contributed by atoms with E-state index in [2.05, 4.69) is 27.4 Å². The summed E-state index contributed by atoms with van der Waals surface area (Å²) in [6, 6.07) is 0. The highest BCUT2D eigenvalue weighted by atomic mass is 16.8. The molecule has 7 bridgehead atoms. The number of carboxylic acids is 1. The van der Waals surface area contributed by atoms with Crippen LogP contribution in [0.1, 0.15) is 130 Å². The first kappa shape index (κ1) is 36.3. The van der Waals surface area contributed by atoms with Gasteiger partial charge in [0.05, 0.1) is 24.4 Å². The molecule has 3 N–H and O–H groups in total. The molecule has 10 nitrogen and oxygen atoms in total. The number of aliphatic carboxylic acids is 1. The maximum absolute atomic E-state index is 12.6. The minimum Gasteiger partial charge on any atom is -0.478 e. The van der Waals surface area contributed by atoms with Crippen LogP contribution >= 0.6 is 0 Å². The van der Waals surface area contributed by atoms with Crippen LogP contribution in [0.3, 0.4) is 0 Å². The Balaban J connectivity index is 1.20. The Kier molecular flexibility index (Phi) is 9.25. The van der Waals surface area contributed by atoms with Crippen molar-refractivity contribution < 1.29 is 43.8 Å². The van der Waals surface area contributed by atoms with Crippen LogP contribution in [0.15, 0.2) is 28.8 Å². The third-order valence-corrected chi connectivity index (χ3v) is 14.6. The van der Waals surface area contributed by atoms with Gasteiger partial charge in [-0.15, -0.1) is 0 Å². The fourth-order valence-electron chi connectivity index (χ4n) is 11.5. The van der Waals surface area contributed by atoms with E-state index >= 15 is 0 Å². The standard InChI is InChI=1S/C41H61NO9/c1-24-8-6-10-32-38(20-25(2)27(4)23-42-32)15-11-28(36(44)45)19-31(38)34-35-33(43)26(3)21-40(49-34,50-35)22-30-9-7-13-39(47-30)16-17-41(51-39)37(5,46)14-12-29(18-24)48-41/h19,25-27,29-31,33-35,43,46H,1,6-18,20-23H2,2-5H3,(H,44,45)/t25-,26+,27-,29-,30+,31+,33-,34-,35-,37+,38+,39+,40?,41+/m0/s1. The molecule has 0 aromatic heterocycles. The molecule has 6 fully saturated rings. The minimum atomic E-state index is -1.14. The van der Waals surface area contributed by atoms with E-state index in [9.17, 15) is 20.1 Å². The van der Waals surface area contributed by atoms with Crippen molar-refractivity contribution in [3.8, 4) is 0 Å². The number of hydrogen-bond acceptors (Lipinski definition) is 9. The Hall–Kier alpha value is -1.66. The number of aliphatic hydroxyl groups excluding tert-OH is 1. The zero-order valence-corrected chi connectivity index (χ0v) is 31.2. The molecule has 0 amide bonds. The van der Waals surface area contributed by atoms with E-state index in [0.717, 1.165) is 69.2 Å². The molecule has 0 radical (unpaired) electrons. The van der Waals surface area contributed by atoms with E-state index < -0.39 is 52.7 Å². The molecule has 0 aromatic carbocycles. The molecule has 1 unspecified atom stereocenters. The predicted octanol–water partition coefficient (Wildman–Crippen LogP) is 6.61. The lowest BCUT2D eigenvalue weighted by molar-refractivity contribution is -0.403. The van der Waals surface area contributed by atoms with Crippen molar-refractivity contribution in [3.05, 3.63) is 23.8 Å². The van der Waals surface area contributed by atoms with Crippen LogP contribution in [0, 0.1) is 29.1 Å². The number of fused-ring (bicyclic) bond motifs is 6. The second kappa shape index (κ2) is 13.0. The molecular weight excluding hydrogens is 650 g/mol. The van der Waals surface area contributed by atoms with Crippen molar-refractivity contribution in [2.75, 3.05) is 6.54 Å². The number of carbonyl (C=O) groups is 1. The Morgan fingerprint density at radius 1 is 0.843 bits per heavy atom. The zero-order valence-electron chi connectivity index (χ0n) is 31.2. The van der Waals surface area contributed by atoms with Crippen molar-refractivity contribution in [2.45, 2.75) is 184 Å². The van der Waals surface area contributed by atoms with Crippen LogP contribution in [0.5, 0.6) is 0 Å². The van der Waals surface area contributed by atoms with E-state index in [1.54, 1.807) is 0 Å². The van der Waals surface area contributed by atoms with E-state index in [1.165, 1.54) is 0 Å². The van der Waals surface area contributed by atoms with E-state index in [-0.39, 0.29) is 24.0 Å². The molecule has 8 rings (SSSR count). The number of aliphatic hydroxyl groups is 2. The normalized spacial score (nSPS) is 51.8. The van der Waals surface area contributed by atoms with Crippen molar-refractivity contribution >= 4 is 11.7 Å². The molecule has 6 saturated heterocycles. The van der Waals surface area contributed by atoms with Gasteiger partial charge in [-0.25, -0.2) is 4.79 Å². The molecule has 10 heteroatoms. The third-order valence-electron chi connectivity index (χ3n) is 14.6. The largest absolute Gasteiger partial charge is 0.478 e. The SMILES string of the molecule is C=C1CCCC2=NC[C@H](C)[C@@H](C)C[C@@]23CCC(C(=O)O)=C[C@@H]3[C@@H]2OC3(C[C@H]4CCC[C@@]5(CC[C@@]6(O[C@@H](CC[C@@]6(C)O)C1)O5)O4)C[C@@H](C)[C@H](O)[C@@H]2O3. The molecule has 51 heavy (non-hydrogen) atoms. The van der Waals surface area contributed by atoms with Crippen molar-refractivity contribution in [1.29, 1.82) is 0 Å². The summed E-state index contributed by atoms with van der Waals surface area (Å²) < 4.78 is 34.8. The molecular formula is C41H61NO9. The molecule has 284 valence electrons. The first-order chi connectivity index (χ1) is 24.2. The number of nitrogens with zero attached hydrogens (tertiary/aromatic N) is 1. The first-order valence-corrected chi connectivity index (χ1v) is 20.1. The summed E-state index contributed by atoms with van der Waals surface area (Å²) in [4.78, 5) is 18.0. The summed E-state index contributed by atoms with van der Waals surface area (Å²) >= 11 is 0. The number of aliphatic imine (C=N–C) groups is 1. The molecule has 14 atom stereocenters. The van der Waals surface area contributed by atoms with Gasteiger partial charge in [-0.3, -0.25) is 4.99 Å². The van der Waals surface area contributed by atoms with E-state index in [4.69, 9.17) is 28.7 Å². The summed E-state index contributed by atoms with van der Waals surface area (Å²) in [6.45, 7) is 13.7. The molecule has 7 aliphatic heterocycles. The van der Waals surface area contributed by atoms with Crippen molar-refractivity contribution in [2.24, 2.45) is 34.1 Å². The number of hydrogen-bond donors (Lipinski definition) is 3. The first-order valence-electron chi connectivity index (χ1n) is 20.1. The third kappa shape index (κ3) is 6.21. The quantitative estimate of drug-likeness (QED) is 0.257. The second-order valence-corrected chi connectivity index (χ2v) is 18.3. The maximum atomic E-state index is 12.6. The van der Waals surface area contributed by atoms with Gasteiger partial charge in [-0.2, -0.15) is 0 Å². The average molecular weight is 712 g/mol. The average Bonchev–Trinajstić information content (AvgIpc) is 3.55. The van der Waals surface area contributed by atoms with E-state index in [0.29, 0.717) is 68.8 Å². The predicted molar refractivity (Wildman–Crippen MR) is 190 cm³/mol. The lowest BCUT2D eigenvalue weighted by Gasteiger charge is -2.50. The van der Waals surface area contributed by atoms with Crippen molar-refractivity contribution in [1.82, 2.24) is 0 Å². The summed E-state index contributed by atoms with van der Waals surface area (Å²) in [5, 5.41) is 33.8. The van der Waals surface area contributed by atoms with Gasteiger partial charge in [0.1, 0.15) is 11.7 Å². The molecule has 0 aromatic rings. The summed E-state index contributed by atoms with van der Waals surface area (Å²) in [5.41, 5.74) is 1.13. The lowest BCUT2D eigenvalue weighted by Crippen LogP contribution is -2.60. The van der Waals surface area contributed by atoms with Crippen LogP contribution in [0.2, 0.25) is 0 Å². The van der Waals surface area contributed by atoms with Gasteiger partial charge in [-0.05, 0) is 95.3 Å². The van der Waals surface area contributed by atoms with Gasteiger partial charge in [0.15, 0.2) is 11.6 Å². The Morgan fingerprint density at radius 2 is 1.65 bits per heavy atom.